The van der Waals surface area contributed by atoms with E-state index in [1.54, 1.807) is 72.8 Å². The van der Waals surface area contributed by atoms with Crippen molar-refractivity contribution in [1.29, 1.82) is 21.0 Å². The van der Waals surface area contributed by atoms with Crippen molar-refractivity contribution in [3.63, 3.8) is 0 Å². The molecule has 10 nitrogen and oxygen atoms in total. The van der Waals surface area contributed by atoms with Crippen LogP contribution < -0.4 is 19.9 Å². The molecule has 12 heteroatoms. The number of rotatable bonds is 10. The Morgan fingerprint density at radius 3 is 1.21 bits per heavy atom. The molecule has 0 saturated carbocycles. The van der Waals surface area contributed by atoms with Crippen LogP contribution in [0.5, 0.6) is 11.5 Å². The summed E-state index contributed by atoms with van der Waals surface area (Å²) in [5.41, 5.74) is -0.0460. The first-order chi connectivity index (χ1) is 20.3. The molecule has 0 spiro atoms. The lowest BCUT2D eigenvalue weighted by molar-refractivity contribution is 0.0440. The molecular weight excluding hydrogens is 576 g/mol. The monoisotopic (exact) mass is 596 g/mol. The maximum Gasteiger partial charge on any atom is 0.338 e. The van der Waals surface area contributed by atoms with Gasteiger partial charge in [0.25, 0.3) is 0 Å². The van der Waals surface area contributed by atoms with Crippen molar-refractivity contribution < 1.29 is 28.5 Å². The van der Waals surface area contributed by atoms with Crippen LogP contribution in [0.2, 0.25) is 0 Å². The van der Waals surface area contributed by atoms with Crippen molar-refractivity contribution in [2.75, 3.05) is 26.4 Å². The van der Waals surface area contributed by atoms with E-state index < -0.39 is 11.9 Å². The SMILES string of the molecule is N#CC(C#N)=c1cc(OCCOC(=O)c2ccc(S)cc2)c(=C(C#N)C#N)cc1OCCOC(=O)c1ccc(S)cc1. The summed E-state index contributed by atoms with van der Waals surface area (Å²) in [5.74, 6) is -1.23. The zero-order valence-electron chi connectivity index (χ0n) is 21.7. The molecule has 0 bridgehead atoms. The zero-order chi connectivity index (χ0) is 30.5. The molecular formula is C30H20N4O6S2. The topological polar surface area (TPSA) is 166 Å². The van der Waals surface area contributed by atoms with Gasteiger partial charge in [0.05, 0.1) is 11.1 Å². The Kier molecular flexibility index (Phi) is 11.4. The number of esters is 2. The van der Waals surface area contributed by atoms with Gasteiger partial charge in [-0.1, -0.05) is 0 Å². The van der Waals surface area contributed by atoms with E-state index in [1.165, 1.54) is 12.1 Å². The Balaban J connectivity index is 1.81. The normalized spacial score (nSPS) is 9.67. The summed E-state index contributed by atoms with van der Waals surface area (Å²) in [4.78, 5) is 25.8. The van der Waals surface area contributed by atoms with E-state index >= 15 is 0 Å². The molecule has 0 amide bonds. The number of hydrogen-bond donors (Lipinski definition) is 2. The molecule has 0 saturated heterocycles. The fraction of sp³-hybridized carbons (Fsp3) is 0.133. The standard InChI is InChI=1S/C30H20N4O6S2/c31-15-21(16-32)25-14-28(38-10-12-40-30(36)20-3-7-24(42)8-4-20)26(22(17-33)18-34)13-27(25)37-9-11-39-29(35)19-1-5-23(41)6-2-19/h1-8,13-14,41-42H,9-12H2. The van der Waals surface area contributed by atoms with E-state index in [1.807, 2.05) is 0 Å². The first kappa shape index (κ1) is 31.1. The van der Waals surface area contributed by atoms with Crippen LogP contribution in [0.4, 0.5) is 0 Å². The molecule has 0 aliphatic heterocycles. The molecule has 3 aromatic rings. The first-order valence-corrected chi connectivity index (χ1v) is 12.9. The molecule has 42 heavy (non-hydrogen) atoms. The maximum atomic E-state index is 12.2. The summed E-state index contributed by atoms with van der Waals surface area (Å²) < 4.78 is 21.8. The van der Waals surface area contributed by atoms with Crippen LogP contribution in [0.1, 0.15) is 20.7 Å². The third-order valence-corrected chi connectivity index (χ3v) is 6.02. The lowest BCUT2D eigenvalue weighted by Gasteiger charge is -2.12. The molecule has 0 atom stereocenters. The van der Waals surface area contributed by atoms with Gasteiger partial charge in [-0.3, -0.25) is 0 Å². The van der Waals surface area contributed by atoms with Crippen LogP contribution >= 0.6 is 25.3 Å². The highest BCUT2D eigenvalue weighted by Crippen LogP contribution is 2.13. The van der Waals surface area contributed by atoms with Crippen LogP contribution in [-0.4, -0.2) is 38.4 Å². The van der Waals surface area contributed by atoms with Crippen LogP contribution in [0, 0.1) is 45.3 Å². The van der Waals surface area contributed by atoms with Crippen LogP contribution in [0.15, 0.2) is 70.5 Å². The van der Waals surface area contributed by atoms with Gasteiger partial charge in [0, 0.05) is 20.2 Å². The van der Waals surface area contributed by atoms with E-state index in [0.717, 1.165) is 0 Å². The number of nitriles is 4. The summed E-state index contributed by atoms with van der Waals surface area (Å²) in [6.07, 6.45) is 0. The van der Waals surface area contributed by atoms with E-state index in [2.05, 4.69) is 25.3 Å². The molecule has 0 aromatic heterocycles. The van der Waals surface area contributed by atoms with Gasteiger partial charge in [-0.05, 0) is 60.7 Å². The Bertz CT molecular complexity index is 1610. The number of ether oxygens (including phenoxy) is 4. The van der Waals surface area contributed by atoms with Crippen molar-refractivity contribution >= 4 is 48.3 Å². The van der Waals surface area contributed by atoms with Gasteiger partial charge in [-0.25, -0.2) is 9.59 Å². The minimum Gasteiger partial charge on any atom is -0.489 e. The maximum absolute atomic E-state index is 12.2. The second-order valence-corrected chi connectivity index (χ2v) is 9.14. The number of carbonyl (C=O) groups excluding carboxylic acids is 2. The van der Waals surface area contributed by atoms with Gasteiger partial charge in [-0.15, -0.1) is 25.3 Å². The summed E-state index contributed by atoms with van der Waals surface area (Å²) in [6, 6.07) is 22.4. The van der Waals surface area contributed by atoms with Crippen molar-refractivity contribution in [1.82, 2.24) is 0 Å². The lowest BCUT2D eigenvalue weighted by Crippen LogP contribution is -2.23. The quantitative estimate of drug-likeness (QED) is 0.202. The summed E-state index contributed by atoms with van der Waals surface area (Å²) in [7, 11) is 0. The second kappa shape index (κ2) is 15.4. The first-order valence-electron chi connectivity index (χ1n) is 12.0. The van der Waals surface area contributed by atoms with Gasteiger partial charge in [0.15, 0.2) is 0 Å². The molecule has 3 rings (SSSR count). The highest BCUT2D eigenvalue weighted by Gasteiger charge is 2.13. The molecule has 0 unspecified atom stereocenters. The van der Waals surface area contributed by atoms with E-state index in [9.17, 15) is 30.6 Å². The van der Waals surface area contributed by atoms with Gasteiger partial charge in [0.2, 0.25) is 0 Å². The average molecular weight is 597 g/mol. The average Bonchev–Trinajstić information content (AvgIpc) is 3.00. The number of hydrogen-bond acceptors (Lipinski definition) is 12. The molecule has 0 heterocycles. The third-order valence-electron chi connectivity index (χ3n) is 5.42. The number of benzene rings is 3. The fourth-order valence-corrected chi connectivity index (χ4v) is 3.71. The summed E-state index contributed by atoms with van der Waals surface area (Å²) >= 11 is 8.33. The van der Waals surface area contributed by atoms with Crippen molar-refractivity contribution in [3.8, 4) is 35.8 Å². The Hall–Kier alpha value is -5.40. The van der Waals surface area contributed by atoms with Crippen LogP contribution in [-0.2, 0) is 9.47 Å². The van der Waals surface area contributed by atoms with Crippen molar-refractivity contribution in [2.24, 2.45) is 0 Å². The zero-order valence-corrected chi connectivity index (χ0v) is 23.5. The third kappa shape index (κ3) is 8.30. The van der Waals surface area contributed by atoms with Crippen LogP contribution in [0.3, 0.4) is 0 Å². The van der Waals surface area contributed by atoms with Gasteiger partial charge >= 0.3 is 11.9 Å². The second-order valence-electron chi connectivity index (χ2n) is 8.10. The largest absolute Gasteiger partial charge is 0.489 e. The molecule has 208 valence electrons. The Morgan fingerprint density at radius 2 is 0.905 bits per heavy atom. The molecule has 0 radical (unpaired) electrons. The van der Waals surface area contributed by atoms with Crippen molar-refractivity contribution in [3.05, 3.63) is 82.2 Å². The molecule has 3 aromatic carbocycles. The molecule has 0 aliphatic carbocycles. The molecule has 0 aliphatic rings. The van der Waals surface area contributed by atoms with Crippen molar-refractivity contribution in [2.45, 2.75) is 9.79 Å². The van der Waals surface area contributed by atoms with Gasteiger partial charge in [-0.2, -0.15) is 21.0 Å². The summed E-state index contributed by atoms with van der Waals surface area (Å²) in [6.45, 7) is -0.715. The number of nitrogens with zero attached hydrogens (tertiary/aromatic N) is 4. The van der Waals surface area contributed by atoms with E-state index in [-0.39, 0.29) is 59.5 Å². The minimum atomic E-state index is -0.595. The molecule has 0 fully saturated rings. The Labute approximate surface area is 251 Å². The van der Waals surface area contributed by atoms with Crippen LogP contribution in [0.25, 0.3) is 11.1 Å². The molecule has 0 N–H and O–H groups in total. The highest BCUT2D eigenvalue weighted by atomic mass is 32.1. The predicted octanol–water partition coefficient (Wildman–Crippen LogP) is 3.13. The van der Waals surface area contributed by atoms with E-state index in [0.29, 0.717) is 20.9 Å². The van der Waals surface area contributed by atoms with Gasteiger partial charge < -0.3 is 18.9 Å². The lowest BCUT2D eigenvalue weighted by atomic mass is 10.1. The minimum absolute atomic E-state index is 0.0204. The predicted molar refractivity (Wildman–Crippen MR) is 154 cm³/mol. The fourth-order valence-electron chi connectivity index (χ4n) is 3.41. The number of carbonyl (C=O) groups is 2. The van der Waals surface area contributed by atoms with Gasteiger partial charge in [0.1, 0.15) is 73.3 Å². The number of thiol groups is 2. The summed E-state index contributed by atoms with van der Waals surface area (Å²) in [5, 5.41) is 38.1. The smallest absolute Gasteiger partial charge is 0.338 e. The highest BCUT2D eigenvalue weighted by molar-refractivity contribution is 7.80. The Morgan fingerprint density at radius 1 is 0.571 bits per heavy atom. The van der Waals surface area contributed by atoms with E-state index in [4.69, 9.17) is 18.9 Å².